The van der Waals surface area contributed by atoms with Crippen LogP contribution < -0.4 is 5.32 Å². The first-order valence-electron chi connectivity index (χ1n) is 9.96. The lowest BCUT2D eigenvalue weighted by Crippen LogP contribution is -2.14. The molecule has 0 saturated carbocycles. The maximum Gasteiger partial charge on any atom is 0.255 e. The third-order valence-electron chi connectivity index (χ3n) is 5.10. The fourth-order valence-corrected chi connectivity index (χ4v) is 3.30. The van der Waals surface area contributed by atoms with Crippen LogP contribution in [0, 0.1) is 13.8 Å². The lowest BCUT2D eigenvalue weighted by molar-refractivity contribution is 0.102. The van der Waals surface area contributed by atoms with E-state index in [9.17, 15) is 4.79 Å². The molecule has 0 fully saturated rings. The van der Waals surface area contributed by atoms with Gasteiger partial charge in [-0.1, -0.05) is 42.8 Å². The van der Waals surface area contributed by atoms with Crippen molar-refractivity contribution in [2.75, 3.05) is 5.32 Å². The number of aryl methyl sites for hydroxylation is 3. The molecule has 4 rings (SSSR count). The molecule has 5 nitrogen and oxygen atoms in total. The molecule has 1 amide bonds. The second kappa shape index (κ2) is 8.33. The number of nitrogens with one attached hydrogen (secondary N) is 1. The van der Waals surface area contributed by atoms with Crippen molar-refractivity contribution >= 4 is 11.6 Å². The highest BCUT2D eigenvalue weighted by molar-refractivity contribution is 6.05. The minimum absolute atomic E-state index is 0.142. The van der Waals surface area contributed by atoms with Gasteiger partial charge in [0.05, 0.1) is 0 Å². The van der Waals surface area contributed by atoms with Crippen molar-refractivity contribution in [1.29, 1.82) is 0 Å². The van der Waals surface area contributed by atoms with E-state index in [4.69, 9.17) is 4.42 Å². The van der Waals surface area contributed by atoms with E-state index in [1.54, 1.807) is 12.1 Å². The lowest BCUT2D eigenvalue weighted by atomic mass is 10.0. The summed E-state index contributed by atoms with van der Waals surface area (Å²) in [6.45, 7) is 6.11. The number of carbonyl (C=O) groups excluding carboxylic acids is 1. The first-order chi connectivity index (χ1) is 14.5. The van der Waals surface area contributed by atoms with Crippen LogP contribution in [0.4, 0.5) is 5.69 Å². The molecule has 0 spiro atoms. The van der Waals surface area contributed by atoms with E-state index in [1.165, 1.54) is 5.56 Å². The van der Waals surface area contributed by atoms with Crippen molar-refractivity contribution in [3.63, 3.8) is 0 Å². The number of carbonyl (C=O) groups is 1. The van der Waals surface area contributed by atoms with Gasteiger partial charge in [-0.25, -0.2) is 0 Å². The van der Waals surface area contributed by atoms with Gasteiger partial charge in [0, 0.05) is 22.4 Å². The van der Waals surface area contributed by atoms with Crippen LogP contribution in [0.2, 0.25) is 0 Å². The third kappa shape index (κ3) is 4.01. The highest BCUT2D eigenvalue weighted by Crippen LogP contribution is 2.25. The predicted molar refractivity (Wildman–Crippen MR) is 118 cm³/mol. The molecule has 0 aliphatic heterocycles. The van der Waals surface area contributed by atoms with Gasteiger partial charge in [0.2, 0.25) is 11.8 Å². The molecule has 0 aliphatic carbocycles. The number of amides is 1. The van der Waals surface area contributed by atoms with Gasteiger partial charge >= 0.3 is 0 Å². The first kappa shape index (κ1) is 19.6. The van der Waals surface area contributed by atoms with Crippen molar-refractivity contribution in [1.82, 2.24) is 10.2 Å². The lowest BCUT2D eigenvalue weighted by Gasteiger charge is -2.13. The van der Waals surface area contributed by atoms with Crippen molar-refractivity contribution in [2.24, 2.45) is 0 Å². The average molecular weight is 397 g/mol. The molecule has 30 heavy (non-hydrogen) atoms. The van der Waals surface area contributed by atoms with Gasteiger partial charge in [0.15, 0.2) is 0 Å². The van der Waals surface area contributed by atoms with Crippen LogP contribution >= 0.6 is 0 Å². The number of hydrogen-bond donors (Lipinski definition) is 1. The Hall–Kier alpha value is -3.73. The second-order valence-electron chi connectivity index (χ2n) is 7.27. The Balaban J connectivity index is 1.52. The Bertz CT molecular complexity index is 1180. The third-order valence-corrected chi connectivity index (χ3v) is 5.10. The standard InChI is InChI=1S/C25H23N3O2/c1-4-18-7-5-6-17(3)22(18)26-23(29)19-12-14-21(15-13-19)25-28-27-24(30-25)20-10-8-16(2)9-11-20/h5-15H,4H2,1-3H3,(H,26,29). The quantitative estimate of drug-likeness (QED) is 0.460. The van der Waals surface area contributed by atoms with Gasteiger partial charge in [0.1, 0.15) is 0 Å². The van der Waals surface area contributed by atoms with Crippen LogP contribution in [0.15, 0.2) is 71.1 Å². The van der Waals surface area contributed by atoms with Gasteiger partial charge in [-0.05, 0) is 67.8 Å². The minimum atomic E-state index is -0.142. The van der Waals surface area contributed by atoms with E-state index in [2.05, 4.69) is 22.4 Å². The molecule has 1 aromatic heterocycles. The van der Waals surface area contributed by atoms with Crippen molar-refractivity contribution < 1.29 is 9.21 Å². The molecule has 0 unspecified atom stereocenters. The number of anilines is 1. The smallest absolute Gasteiger partial charge is 0.255 e. The minimum Gasteiger partial charge on any atom is -0.416 e. The molecule has 5 heteroatoms. The number of hydrogen-bond acceptors (Lipinski definition) is 4. The number of benzene rings is 3. The van der Waals surface area contributed by atoms with E-state index in [0.717, 1.165) is 34.4 Å². The molecule has 4 aromatic rings. The highest BCUT2D eigenvalue weighted by Gasteiger charge is 2.13. The number of rotatable bonds is 5. The van der Waals surface area contributed by atoms with Crippen LogP contribution in [-0.2, 0) is 6.42 Å². The Morgan fingerprint density at radius 1 is 0.867 bits per heavy atom. The fourth-order valence-electron chi connectivity index (χ4n) is 3.30. The molecular formula is C25H23N3O2. The monoisotopic (exact) mass is 397 g/mol. The maximum atomic E-state index is 12.7. The molecule has 0 radical (unpaired) electrons. The van der Waals surface area contributed by atoms with Crippen molar-refractivity contribution in [2.45, 2.75) is 27.2 Å². The summed E-state index contributed by atoms with van der Waals surface area (Å²) < 4.78 is 5.81. The molecule has 0 saturated heterocycles. The average Bonchev–Trinajstić information content (AvgIpc) is 3.26. The SMILES string of the molecule is CCc1cccc(C)c1NC(=O)c1ccc(-c2nnc(-c3ccc(C)cc3)o2)cc1. The van der Waals surface area contributed by atoms with Gasteiger partial charge in [-0.2, -0.15) is 0 Å². The Morgan fingerprint density at radius 3 is 2.07 bits per heavy atom. The molecule has 1 N–H and O–H groups in total. The summed E-state index contributed by atoms with van der Waals surface area (Å²) >= 11 is 0. The molecule has 1 heterocycles. The van der Waals surface area contributed by atoms with Crippen LogP contribution in [0.5, 0.6) is 0 Å². The Labute approximate surface area is 175 Å². The highest BCUT2D eigenvalue weighted by atomic mass is 16.4. The van der Waals surface area contributed by atoms with Gasteiger partial charge in [-0.3, -0.25) is 4.79 Å². The van der Waals surface area contributed by atoms with Gasteiger partial charge in [0.25, 0.3) is 5.91 Å². The van der Waals surface area contributed by atoms with Crippen molar-refractivity contribution in [3.05, 3.63) is 89.0 Å². The van der Waals surface area contributed by atoms with Crippen LogP contribution in [0.1, 0.15) is 34.0 Å². The van der Waals surface area contributed by atoms with Gasteiger partial charge in [-0.15, -0.1) is 10.2 Å². The van der Waals surface area contributed by atoms with Gasteiger partial charge < -0.3 is 9.73 Å². The number of aromatic nitrogens is 2. The summed E-state index contributed by atoms with van der Waals surface area (Å²) in [6, 6.07) is 21.1. The molecule has 150 valence electrons. The number of para-hydroxylation sites is 1. The van der Waals surface area contributed by atoms with E-state index in [1.807, 2.05) is 68.4 Å². The summed E-state index contributed by atoms with van der Waals surface area (Å²) in [7, 11) is 0. The van der Waals surface area contributed by atoms with E-state index >= 15 is 0 Å². The first-order valence-corrected chi connectivity index (χ1v) is 9.96. The predicted octanol–water partition coefficient (Wildman–Crippen LogP) is 5.84. The molecule has 3 aromatic carbocycles. The number of nitrogens with zero attached hydrogens (tertiary/aromatic N) is 2. The van der Waals surface area contributed by atoms with E-state index in [-0.39, 0.29) is 5.91 Å². The van der Waals surface area contributed by atoms with Crippen LogP contribution in [0.25, 0.3) is 22.9 Å². The Kier molecular flexibility index (Phi) is 5.44. The summed E-state index contributed by atoms with van der Waals surface area (Å²) in [5, 5.41) is 11.3. The Morgan fingerprint density at radius 2 is 1.47 bits per heavy atom. The summed E-state index contributed by atoms with van der Waals surface area (Å²) in [4.78, 5) is 12.7. The van der Waals surface area contributed by atoms with E-state index in [0.29, 0.717) is 17.3 Å². The summed E-state index contributed by atoms with van der Waals surface area (Å²) in [5.74, 6) is 0.750. The topological polar surface area (TPSA) is 68.0 Å². The van der Waals surface area contributed by atoms with Crippen LogP contribution in [-0.4, -0.2) is 16.1 Å². The zero-order valence-corrected chi connectivity index (χ0v) is 17.3. The molecule has 0 bridgehead atoms. The normalized spacial score (nSPS) is 10.8. The zero-order chi connectivity index (χ0) is 21.1. The van der Waals surface area contributed by atoms with Crippen molar-refractivity contribution in [3.8, 4) is 22.9 Å². The largest absolute Gasteiger partial charge is 0.416 e. The molecule has 0 aliphatic rings. The fraction of sp³-hybridized carbons (Fsp3) is 0.160. The summed E-state index contributed by atoms with van der Waals surface area (Å²) in [5.41, 5.74) is 6.44. The summed E-state index contributed by atoms with van der Waals surface area (Å²) in [6.07, 6.45) is 0.858. The maximum absolute atomic E-state index is 12.7. The molecule has 0 atom stereocenters. The second-order valence-corrected chi connectivity index (χ2v) is 7.27. The molecular weight excluding hydrogens is 374 g/mol. The zero-order valence-electron chi connectivity index (χ0n) is 17.3. The van der Waals surface area contributed by atoms with E-state index < -0.39 is 0 Å². The van der Waals surface area contributed by atoms with Crippen LogP contribution in [0.3, 0.4) is 0 Å².